The van der Waals surface area contributed by atoms with Crippen LogP contribution < -0.4 is 16.0 Å². The van der Waals surface area contributed by atoms with Gasteiger partial charge in [0.15, 0.2) is 23.2 Å². The number of nitrogens with zero attached hydrogens (tertiary/aromatic N) is 2. The number of likely N-dealkylation sites (N-methyl/N-ethyl adjacent to an activating group) is 2. The van der Waals surface area contributed by atoms with Crippen LogP contribution in [0.5, 0.6) is 0 Å². The first-order valence-corrected chi connectivity index (χ1v) is 23.5. The molecule has 1 fully saturated rings. The molecule has 0 saturated carbocycles. The molecular weight excluding hydrogens is 543 g/mol. The van der Waals surface area contributed by atoms with Crippen molar-refractivity contribution < 1.29 is 22.3 Å². The van der Waals surface area contributed by atoms with E-state index >= 15 is 0 Å². The number of amides is 3. The maximum atomic E-state index is 13.0. The van der Waals surface area contributed by atoms with E-state index in [0.717, 1.165) is 67.7 Å². The molecule has 1 aliphatic heterocycles. The van der Waals surface area contributed by atoms with Gasteiger partial charge in [0.25, 0.3) is 0 Å². The molecule has 2 rings (SSSR count). The van der Waals surface area contributed by atoms with Gasteiger partial charge < -0.3 is 29.1 Å². The second-order valence-corrected chi connectivity index (χ2v) is 25.1. The Balaban J connectivity index is 1.82. The van der Waals surface area contributed by atoms with E-state index in [9.17, 15) is 9.59 Å². The molecule has 0 radical (unpaired) electrons. The maximum absolute atomic E-state index is 13.0. The lowest BCUT2D eigenvalue weighted by Crippen LogP contribution is -2.52. The van der Waals surface area contributed by atoms with Crippen molar-refractivity contribution in [3.05, 3.63) is 30.3 Å². The minimum atomic E-state index is -2.30. The second kappa shape index (κ2) is 14.9. The number of hydrogen-bond donors (Lipinski definition) is 3. The molecule has 1 aromatic carbocycles. The van der Waals surface area contributed by atoms with Crippen molar-refractivity contribution in [3.8, 4) is 0 Å². The van der Waals surface area contributed by atoms with E-state index in [2.05, 4.69) is 69.2 Å². The molecule has 0 aromatic heterocycles. The standard InChI is InChI=1S/C27H53N5O4Si3/c1-9-28-17-19-31(27(34)30-25-15-11-10-12-16-25)18-13-21-37(3,4)35-39(7,8)36-38(5,6)22-14-20-32(2)23-26(32)29-24-33/h10-12,15-16,24,26,28H,9,13-14,17-23H2,1-8H3,(H-,29,30,33,34)/p+1. The van der Waals surface area contributed by atoms with E-state index in [1.807, 2.05) is 35.2 Å². The molecule has 2 unspecified atom stereocenters. The molecule has 0 bridgehead atoms. The largest absolute Gasteiger partial charge is 0.437 e. The molecule has 9 nitrogen and oxygen atoms in total. The fourth-order valence-electron chi connectivity index (χ4n) is 5.35. The number of carbonyl (C=O) groups is 2. The van der Waals surface area contributed by atoms with Crippen LogP contribution in [0.15, 0.2) is 30.3 Å². The van der Waals surface area contributed by atoms with E-state index in [0.29, 0.717) is 13.1 Å². The van der Waals surface area contributed by atoms with E-state index < -0.39 is 25.2 Å². The van der Waals surface area contributed by atoms with E-state index in [1.54, 1.807) is 0 Å². The fraction of sp³-hybridized carbons (Fsp3) is 0.704. The van der Waals surface area contributed by atoms with Crippen molar-refractivity contribution >= 4 is 43.3 Å². The normalized spacial score (nSPS) is 19.4. The Bertz CT molecular complexity index is 907. The van der Waals surface area contributed by atoms with Crippen LogP contribution in [0.2, 0.25) is 51.4 Å². The van der Waals surface area contributed by atoms with Crippen molar-refractivity contribution in [2.24, 2.45) is 0 Å². The molecule has 1 heterocycles. The maximum Gasteiger partial charge on any atom is 0.321 e. The van der Waals surface area contributed by atoms with Gasteiger partial charge in [-0.3, -0.25) is 9.28 Å². The highest BCUT2D eigenvalue weighted by Gasteiger charge is 2.51. The van der Waals surface area contributed by atoms with Gasteiger partial charge in [0, 0.05) is 25.3 Å². The van der Waals surface area contributed by atoms with Crippen LogP contribution in [0.25, 0.3) is 0 Å². The molecule has 3 amide bonds. The molecule has 0 aliphatic carbocycles. The predicted octanol–water partition coefficient (Wildman–Crippen LogP) is 4.59. The zero-order chi connectivity index (χ0) is 29.2. The fourth-order valence-corrected chi connectivity index (χ4v) is 19.4. The highest BCUT2D eigenvalue weighted by molar-refractivity contribution is 6.87. The Morgan fingerprint density at radius 2 is 1.64 bits per heavy atom. The summed E-state index contributed by atoms with van der Waals surface area (Å²) in [6, 6.07) is 11.6. The van der Waals surface area contributed by atoms with Crippen LogP contribution in [-0.2, 0) is 13.0 Å². The number of urea groups is 1. The van der Waals surface area contributed by atoms with Gasteiger partial charge in [-0.15, -0.1) is 0 Å². The average Bonchev–Trinajstić information content (AvgIpc) is 3.45. The van der Waals surface area contributed by atoms with Gasteiger partial charge in [0.1, 0.15) is 0 Å². The average molecular weight is 597 g/mol. The number of quaternary nitrogens is 1. The number of benzene rings is 1. The molecule has 222 valence electrons. The highest BCUT2D eigenvalue weighted by Crippen LogP contribution is 2.29. The Kier molecular flexibility index (Phi) is 12.9. The number of rotatable bonds is 19. The smallest absolute Gasteiger partial charge is 0.321 e. The number of para-hydroxylation sites is 1. The monoisotopic (exact) mass is 596 g/mol. The Labute approximate surface area is 240 Å². The molecule has 0 spiro atoms. The van der Waals surface area contributed by atoms with Gasteiger partial charge in [0.2, 0.25) is 12.6 Å². The number of anilines is 1. The van der Waals surface area contributed by atoms with Crippen molar-refractivity contribution in [2.45, 2.75) is 77.3 Å². The summed E-state index contributed by atoms with van der Waals surface area (Å²) in [6.45, 7) is 20.7. The third-order valence-corrected chi connectivity index (χ3v) is 18.8. The van der Waals surface area contributed by atoms with Gasteiger partial charge in [-0.05, 0) is 82.9 Å². The molecule has 1 aliphatic rings. The number of hydrogen-bond acceptors (Lipinski definition) is 5. The van der Waals surface area contributed by atoms with E-state index in [4.69, 9.17) is 8.23 Å². The SMILES string of the molecule is CCNCCN(CCC[Si](C)(C)O[Si](C)(C)O[Si](C)(C)CCC[N+]1(C)CC1NC=O)C(=O)Nc1ccccc1. The van der Waals surface area contributed by atoms with Crippen LogP contribution in [0, 0.1) is 0 Å². The second-order valence-electron chi connectivity index (χ2n) is 12.7. The van der Waals surface area contributed by atoms with Crippen molar-refractivity contribution in [1.29, 1.82) is 0 Å². The van der Waals surface area contributed by atoms with Crippen LogP contribution in [0.1, 0.15) is 19.8 Å². The van der Waals surface area contributed by atoms with Crippen LogP contribution in [0.4, 0.5) is 10.5 Å². The summed E-state index contributed by atoms with van der Waals surface area (Å²) in [7, 11) is -3.95. The van der Waals surface area contributed by atoms with E-state index in [1.165, 1.54) is 0 Å². The third-order valence-electron chi connectivity index (χ3n) is 7.29. The summed E-state index contributed by atoms with van der Waals surface area (Å²) in [5.74, 6) is 0. The van der Waals surface area contributed by atoms with Gasteiger partial charge in [0.05, 0.1) is 13.6 Å². The zero-order valence-corrected chi connectivity index (χ0v) is 28.6. The first-order valence-electron chi connectivity index (χ1n) is 14.5. The van der Waals surface area contributed by atoms with E-state index in [-0.39, 0.29) is 12.2 Å². The minimum absolute atomic E-state index is 0.0581. The van der Waals surface area contributed by atoms with Crippen LogP contribution in [0.3, 0.4) is 0 Å². The lowest BCUT2D eigenvalue weighted by atomic mass is 10.3. The lowest BCUT2D eigenvalue weighted by Gasteiger charge is -2.39. The molecule has 39 heavy (non-hydrogen) atoms. The minimum Gasteiger partial charge on any atom is -0.437 e. The first-order chi connectivity index (χ1) is 18.2. The third kappa shape index (κ3) is 12.7. The van der Waals surface area contributed by atoms with Crippen LogP contribution >= 0.6 is 0 Å². The first kappa shape index (κ1) is 33.7. The Hall–Kier alpha value is -1.55. The summed E-state index contributed by atoms with van der Waals surface area (Å²) in [6.07, 6.45) is 3.10. The molecular formula is C27H54N5O4Si3+. The highest BCUT2D eigenvalue weighted by atomic mass is 28.5. The molecule has 2 atom stereocenters. The molecule has 1 saturated heterocycles. The molecule has 12 heteroatoms. The summed E-state index contributed by atoms with van der Waals surface area (Å²) < 4.78 is 14.5. The topological polar surface area (TPSA) is 91.9 Å². The Morgan fingerprint density at radius 1 is 1.03 bits per heavy atom. The van der Waals surface area contributed by atoms with Gasteiger partial charge in [-0.25, -0.2) is 4.79 Å². The summed E-state index contributed by atoms with van der Waals surface area (Å²) in [5, 5.41) is 9.27. The number of nitrogens with one attached hydrogen (secondary N) is 3. The van der Waals surface area contributed by atoms with Crippen molar-refractivity contribution in [3.63, 3.8) is 0 Å². The quantitative estimate of drug-likeness (QED) is 0.0715. The van der Waals surface area contributed by atoms with Gasteiger partial charge in [-0.1, -0.05) is 25.1 Å². The summed E-state index contributed by atoms with van der Waals surface area (Å²) in [5.41, 5.74) is 0.813. The lowest BCUT2D eigenvalue weighted by molar-refractivity contribution is -0.793. The van der Waals surface area contributed by atoms with Gasteiger partial charge >= 0.3 is 14.6 Å². The van der Waals surface area contributed by atoms with Crippen molar-refractivity contribution in [1.82, 2.24) is 15.5 Å². The van der Waals surface area contributed by atoms with Crippen molar-refractivity contribution in [2.75, 3.05) is 51.6 Å². The zero-order valence-electron chi connectivity index (χ0n) is 25.6. The predicted molar refractivity (Wildman–Crippen MR) is 168 cm³/mol. The summed E-state index contributed by atoms with van der Waals surface area (Å²) in [4.78, 5) is 25.6. The van der Waals surface area contributed by atoms with Gasteiger partial charge in [-0.2, -0.15) is 0 Å². The molecule has 3 N–H and O–H groups in total. The summed E-state index contributed by atoms with van der Waals surface area (Å²) >= 11 is 0. The van der Waals surface area contributed by atoms with Crippen LogP contribution in [-0.4, -0.2) is 99.5 Å². The Morgan fingerprint density at radius 3 is 2.23 bits per heavy atom. The number of carbonyl (C=O) groups excluding carboxylic acids is 2. The molecule has 1 aromatic rings.